The molecule has 0 radical (unpaired) electrons. The number of ketones is 1. The van der Waals surface area contributed by atoms with E-state index in [4.69, 9.17) is 0 Å². The molecule has 154 valence electrons. The van der Waals surface area contributed by atoms with E-state index < -0.39 is 23.0 Å². The van der Waals surface area contributed by atoms with E-state index in [1.807, 2.05) is 13.8 Å². The number of nitrogens with one attached hydrogen (secondary N) is 1. The van der Waals surface area contributed by atoms with Crippen molar-refractivity contribution < 1.29 is 18.0 Å². The molecule has 1 N–H and O–H groups in total. The van der Waals surface area contributed by atoms with E-state index in [0.717, 1.165) is 6.07 Å². The molecule has 2 aromatic heterocycles. The smallest absolute Gasteiger partial charge is 0.344 e. The molecule has 0 atom stereocenters. The highest BCUT2D eigenvalue weighted by Gasteiger charge is 2.35. The highest BCUT2D eigenvalue weighted by Crippen LogP contribution is 2.36. The van der Waals surface area contributed by atoms with Crippen LogP contribution >= 0.6 is 0 Å². The number of alkyl halides is 3. The summed E-state index contributed by atoms with van der Waals surface area (Å²) in [6.45, 7) is 8.41. The van der Waals surface area contributed by atoms with E-state index >= 15 is 0 Å². The molecule has 1 aromatic carbocycles. The molecular weight excluding hydrogens is 383 g/mol. The third kappa shape index (κ3) is 3.71. The summed E-state index contributed by atoms with van der Waals surface area (Å²) in [5.41, 5.74) is 0.768. The maximum absolute atomic E-state index is 13.9. The van der Waals surface area contributed by atoms with Gasteiger partial charge in [-0.25, -0.2) is 0 Å². The van der Waals surface area contributed by atoms with E-state index in [1.54, 1.807) is 18.4 Å². The van der Waals surface area contributed by atoms with Crippen molar-refractivity contribution in [2.75, 3.05) is 0 Å². The molecule has 0 unspecified atom stereocenters. The van der Waals surface area contributed by atoms with Crippen LogP contribution in [0.4, 0.5) is 13.2 Å². The molecule has 8 heteroatoms. The van der Waals surface area contributed by atoms with Crippen LogP contribution in [-0.4, -0.2) is 20.5 Å². The predicted molar refractivity (Wildman–Crippen MR) is 104 cm³/mol. The average Bonchev–Trinajstić information content (AvgIpc) is 2.92. The van der Waals surface area contributed by atoms with Gasteiger partial charge in [0, 0.05) is 35.3 Å². The van der Waals surface area contributed by atoms with Gasteiger partial charge in [0.1, 0.15) is 0 Å². The first-order valence-corrected chi connectivity index (χ1v) is 9.22. The zero-order valence-corrected chi connectivity index (χ0v) is 16.9. The van der Waals surface area contributed by atoms with Gasteiger partial charge in [0.15, 0.2) is 11.2 Å². The fraction of sp³-hybridized carbons (Fsp3) is 0.381. The second-order valence-electron chi connectivity index (χ2n) is 7.54. The quantitative estimate of drug-likeness (QED) is 0.638. The number of halogens is 3. The summed E-state index contributed by atoms with van der Waals surface area (Å²) in [6, 6.07) is 2.14. The van der Waals surface area contributed by atoms with Crippen LogP contribution in [0.15, 0.2) is 23.1 Å². The van der Waals surface area contributed by atoms with Gasteiger partial charge >= 0.3 is 6.18 Å². The van der Waals surface area contributed by atoms with Crippen molar-refractivity contribution in [3.05, 3.63) is 62.2 Å². The molecule has 0 aliphatic carbocycles. The lowest BCUT2D eigenvalue weighted by Gasteiger charge is -2.20. The summed E-state index contributed by atoms with van der Waals surface area (Å²) in [7, 11) is 0. The third-order valence-corrected chi connectivity index (χ3v) is 5.15. The van der Waals surface area contributed by atoms with E-state index in [0.29, 0.717) is 22.5 Å². The van der Waals surface area contributed by atoms with Gasteiger partial charge in [-0.3, -0.25) is 14.7 Å². The molecular formula is C21H22F3N3O2. The van der Waals surface area contributed by atoms with Gasteiger partial charge in [0.25, 0.3) is 0 Å². The monoisotopic (exact) mass is 405 g/mol. The Morgan fingerprint density at radius 1 is 1.24 bits per heavy atom. The number of carbonyl (C=O) groups excluding carboxylic acids is 1. The lowest BCUT2D eigenvalue weighted by Crippen LogP contribution is -2.20. The lowest BCUT2D eigenvalue weighted by molar-refractivity contribution is -0.138. The highest BCUT2D eigenvalue weighted by atomic mass is 19.4. The second kappa shape index (κ2) is 7.17. The van der Waals surface area contributed by atoms with Crippen LogP contribution < -0.4 is 5.43 Å². The number of aryl methyl sites for hydroxylation is 2. The van der Waals surface area contributed by atoms with Crippen molar-refractivity contribution in [2.45, 2.75) is 53.3 Å². The normalized spacial score (nSPS) is 12.2. The molecule has 3 aromatic rings. The average molecular weight is 405 g/mol. The van der Waals surface area contributed by atoms with Crippen molar-refractivity contribution in [1.29, 1.82) is 0 Å². The number of carbonyl (C=O) groups is 1. The van der Waals surface area contributed by atoms with Crippen LogP contribution in [0.1, 0.15) is 65.2 Å². The van der Waals surface area contributed by atoms with Crippen molar-refractivity contribution in [2.24, 2.45) is 0 Å². The van der Waals surface area contributed by atoms with Gasteiger partial charge in [-0.2, -0.15) is 18.3 Å². The Bertz CT molecular complexity index is 1150. The number of hydrogen-bond acceptors (Lipinski definition) is 3. The zero-order valence-electron chi connectivity index (χ0n) is 16.9. The number of benzene rings is 1. The highest BCUT2D eigenvalue weighted by molar-refractivity contribution is 5.97. The van der Waals surface area contributed by atoms with Gasteiger partial charge in [-0.05, 0) is 52.3 Å². The number of Topliss-reactive ketones (excluding diaryl/α,β-unsaturated/α-hetero) is 1. The van der Waals surface area contributed by atoms with Gasteiger partial charge < -0.3 is 4.57 Å². The van der Waals surface area contributed by atoms with Crippen LogP contribution in [0.5, 0.6) is 0 Å². The van der Waals surface area contributed by atoms with E-state index in [1.165, 1.54) is 19.2 Å². The largest absolute Gasteiger partial charge is 0.416 e. The zero-order chi connectivity index (χ0) is 21.7. The van der Waals surface area contributed by atoms with Crippen LogP contribution in [-0.2, 0) is 12.6 Å². The van der Waals surface area contributed by atoms with E-state index in [-0.39, 0.29) is 29.0 Å². The van der Waals surface area contributed by atoms with Crippen molar-refractivity contribution in [1.82, 2.24) is 14.8 Å². The first-order chi connectivity index (χ1) is 13.4. The molecule has 0 bridgehead atoms. The number of aromatic amines is 1. The summed E-state index contributed by atoms with van der Waals surface area (Å²) in [6.07, 6.45) is -3.18. The first-order valence-electron chi connectivity index (χ1n) is 9.22. The van der Waals surface area contributed by atoms with E-state index in [2.05, 4.69) is 10.2 Å². The Labute approximate surface area is 165 Å². The molecule has 2 heterocycles. The second-order valence-corrected chi connectivity index (χ2v) is 7.54. The first kappa shape index (κ1) is 20.8. The van der Waals surface area contributed by atoms with Crippen molar-refractivity contribution >= 4 is 16.7 Å². The lowest BCUT2D eigenvalue weighted by atomic mass is 9.95. The van der Waals surface area contributed by atoms with Crippen molar-refractivity contribution in [3.8, 4) is 0 Å². The van der Waals surface area contributed by atoms with Gasteiger partial charge in [0.05, 0.1) is 22.3 Å². The number of pyridine rings is 1. The number of hydrogen-bond donors (Lipinski definition) is 1. The van der Waals surface area contributed by atoms with Gasteiger partial charge in [-0.1, -0.05) is 0 Å². The fourth-order valence-electron chi connectivity index (χ4n) is 3.55. The minimum Gasteiger partial charge on any atom is -0.344 e. The molecule has 5 nitrogen and oxygen atoms in total. The Hall–Kier alpha value is -2.90. The third-order valence-electron chi connectivity index (χ3n) is 5.15. The Morgan fingerprint density at radius 2 is 1.90 bits per heavy atom. The van der Waals surface area contributed by atoms with Gasteiger partial charge in [0.2, 0.25) is 0 Å². The number of H-pyrrole nitrogens is 1. The van der Waals surface area contributed by atoms with Crippen LogP contribution in [0, 0.1) is 13.8 Å². The minimum atomic E-state index is -4.64. The molecule has 0 amide bonds. The number of fused-ring (bicyclic) bond motifs is 1. The van der Waals surface area contributed by atoms with Crippen molar-refractivity contribution in [3.63, 3.8) is 0 Å². The van der Waals surface area contributed by atoms with Crippen LogP contribution in [0.2, 0.25) is 0 Å². The van der Waals surface area contributed by atoms with Gasteiger partial charge in [-0.15, -0.1) is 0 Å². The van der Waals surface area contributed by atoms with E-state index in [9.17, 15) is 22.8 Å². The molecule has 0 spiro atoms. The molecule has 3 rings (SSSR count). The fourth-order valence-corrected chi connectivity index (χ4v) is 3.55. The summed E-state index contributed by atoms with van der Waals surface area (Å²) in [4.78, 5) is 24.6. The summed E-state index contributed by atoms with van der Waals surface area (Å²) in [5, 5.41) is 6.74. The Morgan fingerprint density at radius 3 is 2.38 bits per heavy atom. The Balaban J connectivity index is 2.40. The maximum Gasteiger partial charge on any atom is 0.416 e. The Kier molecular flexibility index (Phi) is 5.15. The summed E-state index contributed by atoms with van der Waals surface area (Å²) in [5.74, 6) is -0.478. The molecule has 0 fully saturated rings. The molecule has 0 aliphatic rings. The standard InChI is InChI=1S/C21H22F3N3O2/c1-10(2)27-9-17(13(5)28)20(29)16-8-18(21(22,23)24)14(7-19(16)27)6-15-11(3)25-26-12(15)4/h7-10H,6H2,1-5H3,(H,25,26). The topological polar surface area (TPSA) is 67.8 Å². The summed E-state index contributed by atoms with van der Waals surface area (Å²) < 4.78 is 43.2. The SMILES string of the molecule is CC(=O)c1cn(C(C)C)c2cc(Cc3c(C)n[nH]c3C)c(C(F)(F)F)cc2c1=O. The maximum atomic E-state index is 13.9. The molecule has 0 saturated carbocycles. The molecule has 0 saturated heterocycles. The number of aromatic nitrogens is 3. The minimum absolute atomic E-state index is 0.0275. The number of nitrogens with zero attached hydrogens (tertiary/aromatic N) is 2. The number of rotatable bonds is 4. The predicted octanol–water partition coefficient (Wildman–Crippen LogP) is 4.73. The summed E-state index contributed by atoms with van der Waals surface area (Å²) >= 11 is 0. The van der Waals surface area contributed by atoms with Crippen LogP contribution in [0.3, 0.4) is 0 Å². The van der Waals surface area contributed by atoms with Crippen LogP contribution in [0.25, 0.3) is 10.9 Å². The molecule has 29 heavy (non-hydrogen) atoms. The molecule has 0 aliphatic heterocycles.